The summed E-state index contributed by atoms with van der Waals surface area (Å²) < 4.78 is 11.6. The number of hydrogen-bond acceptors (Lipinski definition) is 5. The zero-order chi connectivity index (χ0) is 24.2. The van der Waals surface area contributed by atoms with Gasteiger partial charge in [-0.15, -0.1) is 0 Å². The number of carboxylic acid groups (broad SMARTS) is 1. The maximum absolute atomic E-state index is 12.1. The molecule has 0 aliphatic heterocycles. The minimum Gasteiger partial charge on any atom is -0.465 e. The molecule has 4 aromatic rings. The van der Waals surface area contributed by atoms with Crippen LogP contribution in [0.2, 0.25) is 5.02 Å². The predicted octanol–water partition coefficient (Wildman–Crippen LogP) is 6.79. The van der Waals surface area contributed by atoms with Crippen molar-refractivity contribution < 1.29 is 24.0 Å². The summed E-state index contributed by atoms with van der Waals surface area (Å²) in [6.45, 7) is 3.73. The monoisotopic (exact) mass is 478 g/mol. The molecule has 0 radical (unpaired) electrons. The number of imide groups is 1. The van der Waals surface area contributed by atoms with E-state index < -0.39 is 17.9 Å². The largest absolute Gasteiger partial charge is 0.465 e. The average Bonchev–Trinajstić information content (AvgIpc) is 3.22. The van der Waals surface area contributed by atoms with Crippen LogP contribution in [0, 0.1) is 0 Å². The third kappa shape index (κ3) is 5.05. The van der Waals surface area contributed by atoms with Crippen LogP contribution in [-0.2, 0) is 11.2 Å². The van der Waals surface area contributed by atoms with Gasteiger partial charge in [0.25, 0.3) is 0 Å². The fourth-order valence-electron chi connectivity index (χ4n) is 3.75. The maximum Gasteiger partial charge on any atom is 0.411 e. The quantitative estimate of drug-likeness (QED) is 0.303. The van der Waals surface area contributed by atoms with Gasteiger partial charge < -0.3 is 14.4 Å². The first-order chi connectivity index (χ1) is 16.4. The molecule has 0 bridgehead atoms. The number of nitrogens with one attached hydrogen (secondary N) is 1. The van der Waals surface area contributed by atoms with Crippen LogP contribution in [0.5, 0.6) is 11.5 Å². The van der Waals surface area contributed by atoms with Crippen LogP contribution in [0.15, 0.2) is 65.2 Å². The second-order valence-electron chi connectivity index (χ2n) is 7.93. The van der Waals surface area contributed by atoms with Crippen LogP contribution >= 0.6 is 11.6 Å². The van der Waals surface area contributed by atoms with Crippen LogP contribution in [0.1, 0.15) is 37.3 Å². The minimum atomic E-state index is -1.38. The van der Waals surface area contributed by atoms with E-state index in [2.05, 4.69) is 12.1 Å². The lowest BCUT2D eigenvalue weighted by Gasteiger charge is -2.15. The number of halogens is 1. The Kier molecular flexibility index (Phi) is 6.84. The van der Waals surface area contributed by atoms with E-state index >= 15 is 0 Å². The van der Waals surface area contributed by atoms with Crippen LogP contribution in [0.4, 0.5) is 4.79 Å². The summed E-state index contributed by atoms with van der Waals surface area (Å²) in [6, 6.07) is 18.4. The van der Waals surface area contributed by atoms with Crippen molar-refractivity contribution in [2.45, 2.75) is 32.6 Å². The number of nitrogens with zero attached hydrogens (tertiary/aromatic N) is 1. The van der Waals surface area contributed by atoms with Gasteiger partial charge >= 0.3 is 6.09 Å². The minimum absolute atomic E-state index is 0.555. The van der Waals surface area contributed by atoms with E-state index in [0.29, 0.717) is 27.7 Å². The van der Waals surface area contributed by atoms with E-state index in [9.17, 15) is 9.59 Å². The van der Waals surface area contributed by atoms with Crippen molar-refractivity contribution in [1.29, 1.82) is 0 Å². The van der Waals surface area contributed by atoms with E-state index in [-0.39, 0.29) is 0 Å². The molecule has 3 aromatic carbocycles. The first-order valence-corrected chi connectivity index (χ1v) is 11.2. The number of carbonyl (C=O) groups is 2. The molecule has 1 aromatic heterocycles. The Hall–Kier alpha value is -3.84. The normalized spacial score (nSPS) is 11.9. The van der Waals surface area contributed by atoms with Crippen LogP contribution in [-0.4, -0.2) is 22.3 Å². The van der Waals surface area contributed by atoms with Crippen molar-refractivity contribution in [2.75, 3.05) is 0 Å². The second-order valence-corrected chi connectivity index (χ2v) is 8.37. The maximum atomic E-state index is 12.1. The third-order valence-corrected chi connectivity index (χ3v) is 5.73. The lowest BCUT2D eigenvalue weighted by atomic mass is 10.00. The van der Waals surface area contributed by atoms with Crippen molar-refractivity contribution in [3.05, 3.63) is 76.8 Å². The Morgan fingerprint density at radius 1 is 1.15 bits per heavy atom. The lowest BCUT2D eigenvalue weighted by Crippen LogP contribution is -2.32. The van der Waals surface area contributed by atoms with E-state index in [1.54, 1.807) is 43.3 Å². The van der Waals surface area contributed by atoms with Gasteiger partial charge in [0.2, 0.25) is 5.91 Å². The summed E-state index contributed by atoms with van der Waals surface area (Å²) in [5, 5.41) is 16.4. The predicted molar refractivity (Wildman–Crippen MR) is 130 cm³/mol. The third-order valence-electron chi connectivity index (χ3n) is 5.50. The van der Waals surface area contributed by atoms with E-state index in [4.69, 9.17) is 26.0 Å². The van der Waals surface area contributed by atoms with Crippen LogP contribution < -0.4 is 10.1 Å². The number of ether oxygens (including phenoxy) is 1. The summed E-state index contributed by atoms with van der Waals surface area (Å²) in [4.78, 5) is 22.9. The molecule has 4 rings (SSSR count). The number of fused-ring (bicyclic) bond motifs is 1. The van der Waals surface area contributed by atoms with Crippen molar-refractivity contribution in [3.63, 3.8) is 0 Å². The van der Waals surface area contributed by atoms with E-state index in [1.165, 1.54) is 0 Å². The molecule has 34 heavy (non-hydrogen) atoms. The van der Waals surface area contributed by atoms with Gasteiger partial charge in [-0.25, -0.2) is 4.79 Å². The van der Waals surface area contributed by atoms with Gasteiger partial charge in [0.05, 0.1) is 5.92 Å². The standard InChI is InChI=1S/C26H23ClN2O5/c1-3-5-17-12-18(24-21-10-9-19(27)14-23(21)34-29-24)8-11-22(17)33-20-7-4-6-16(13-20)15(2)25(30)28-26(31)32/h4,6-15H,3,5H2,1-2H3,(H,28,30)(H,31,32). The highest BCUT2D eigenvalue weighted by Crippen LogP contribution is 2.35. The Balaban J connectivity index is 1.62. The summed E-state index contributed by atoms with van der Waals surface area (Å²) in [6.07, 6.45) is 0.333. The molecule has 0 aliphatic rings. The highest BCUT2D eigenvalue weighted by Gasteiger charge is 2.18. The molecule has 7 nitrogen and oxygen atoms in total. The molecule has 8 heteroatoms. The van der Waals surface area contributed by atoms with Gasteiger partial charge in [-0.1, -0.05) is 42.2 Å². The Morgan fingerprint density at radius 2 is 1.97 bits per heavy atom. The smallest absolute Gasteiger partial charge is 0.411 e. The molecule has 2 amide bonds. The SMILES string of the molecule is CCCc1cc(-c2noc3cc(Cl)ccc23)ccc1Oc1cccc(C(C)C(=O)NC(=O)O)c1. The van der Waals surface area contributed by atoms with E-state index in [0.717, 1.165) is 35.0 Å². The van der Waals surface area contributed by atoms with E-state index in [1.807, 2.05) is 29.6 Å². The number of benzene rings is 3. The Bertz CT molecular complexity index is 1360. The van der Waals surface area contributed by atoms with Crippen LogP contribution in [0.3, 0.4) is 0 Å². The summed E-state index contributed by atoms with van der Waals surface area (Å²) in [7, 11) is 0. The Morgan fingerprint density at radius 3 is 2.74 bits per heavy atom. The van der Waals surface area contributed by atoms with Gasteiger partial charge in [-0.2, -0.15) is 0 Å². The zero-order valence-electron chi connectivity index (χ0n) is 18.7. The van der Waals surface area contributed by atoms with Gasteiger partial charge in [-0.3, -0.25) is 10.1 Å². The molecule has 1 heterocycles. The average molecular weight is 479 g/mol. The lowest BCUT2D eigenvalue weighted by molar-refractivity contribution is -0.121. The molecule has 1 unspecified atom stereocenters. The zero-order valence-corrected chi connectivity index (χ0v) is 19.4. The number of carbonyl (C=O) groups excluding carboxylic acids is 1. The Labute approximate surface area is 201 Å². The summed E-state index contributed by atoms with van der Waals surface area (Å²) >= 11 is 6.06. The van der Waals surface area contributed by atoms with Gasteiger partial charge in [0, 0.05) is 22.0 Å². The topological polar surface area (TPSA) is 102 Å². The van der Waals surface area contributed by atoms with Gasteiger partial charge in [0.1, 0.15) is 17.2 Å². The summed E-state index contributed by atoms with van der Waals surface area (Å²) in [5.41, 5.74) is 3.92. The number of rotatable bonds is 7. The van der Waals surface area contributed by atoms with Gasteiger partial charge in [0.15, 0.2) is 5.58 Å². The fraction of sp³-hybridized carbons (Fsp3) is 0.192. The highest BCUT2D eigenvalue weighted by atomic mass is 35.5. The first-order valence-electron chi connectivity index (χ1n) is 10.9. The molecular formula is C26H23ClN2O5. The number of amides is 2. The van der Waals surface area contributed by atoms with Crippen molar-refractivity contribution in [3.8, 4) is 22.8 Å². The van der Waals surface area contributed by atoms with Crippen molar-refractivity contribution in [1.82, 2.24) is 10.5 Å². The molecule has 0 fully saturated rings. The molecule has 1 atom stereocenters. The molecule has 0 saturated carbocycles. The second kappa shape index (κ2) is 9.97. The molecule has 0 aliphatic carbocycles. The molecule has 2 N–H and O–H groups in total. The number of aryl methyl sites for hydroxylation is 1. The molecule has 0 spiro atoms. The highest BCUT2D eigenvalue weighted by molar-refractivity contribution is 6.31. The fourth-order valence-corrected chi connectivity index (χ4v) is 3.91. The van der Waals surface area contributed by atoms with Crippen LogP contribution in [0.25, 0.3) is 22.2 Å². The molecular weight excluding hydrogens is 456 g/mol. The molecule has 0 saturated heterocycles. The first kappa shape index (κ1) is 23.3. The summed E-state index contributed by atoms with van der Waals surface area (Å²) in [5.74, 6) is 0.00762. The van der Waals surface area contributed by atoms with Gasteiger partial charge in [-0.05, 0) is 66.9 Å². The van der Waals surface area contributed by atoms with Crippen molar-refractivity contribution >= 4 is 34.6 Å². The number of hydrogen-bond donors (Lipinski definition) is 2. The molecule has 174 valence electrons. The van der Waals surface area contributed by atoms with Crippen molar-refractivity contribution in [2.24, 2.45) is 0 Å². The number of aromatic nitrogens is 1.